The first-order valence-corrected chi connectivity index (χ1v) is 9.15. The maximum Gasteiger partial charge on any atom is 0.191 e. The fraction of sp³-hybridized carbons (Fsp3) is 0.529. The minimum Gasteiger partial charge on any atom is -0.466 e. The van der Waals surface area contributed by atoms with Gasteiger partial charge in [0.15, 0.2) is 5.96 Å². The molecule has 2 aromatic rings. The van der Waals surface area contributed by atoms with Crippen LogP contribution in [0, 0.1) is 0 Å². The van der Waals surface area contributed by atoms with Crippen molar-refractivity contribution in [2.24, 2.45) is 4.99 Å². The maximum absolute atomic E-state index is 10.5. The number of rotatable bonds is 8. The smallest absolute Gasteiger partial charge is 0.191 e. The van der Waals surface area contributed by atoms with E-state index in [0.29, 0.717) is 11.7 Å². The molecule has 140 valence electrons. The summed E-state index contributed by atoms with van der Waals surface area (Å²) in [5.74, 6) is 1.19. The summed E-state index contributed by atoms with van der Waals surface area (Å²) in [7, 11) is 0. The molecule has 0 fully saturated rings. The van der Waals surface area contributed by atoms with Crippen molar-refractivity contribution in [3.8, 4) is 0 Å². The normalized spacial score (nSPS) is 13.8. The summed E-state index contributed by atoms with van der Waals surface area (Å²) >= 11 is 1.70. The molecule has 0 radical (unpaired) electrons. The topological polar surface area (TPSA) is 82.7 Å². The minimum absolute atomic E-state index is 0. The Labute approximate surface area is 170 Å². The van der Waals surface area contributed by atoms with Crippen LogP contribution in [0.4, 0.5) is 0 Å². The van der Waals surface area contributed by atoms with Crippen LogP contribution in [0.25, 0.3) is 0 Å². The molecule has 0 saturated heterocycles. The summed E-state index contributed by atoms with van der Waals surface area (Å²) in [5.41, 5.74) is -0.0284. The Morgan fingerprint density at radius 1 is 1.40 bits per heavy atom. The standard InChI is InChI=1S/C17H26N4O2S.HI/c1-4-15-21-13(11-24-15)8-9-19-16(18-5-2)20-12-17(3,22)14-7-6-10-23-14;/h6-7,10-11,22H,4-5,8-9,12H2,1-3H3,(H2,18,19,20);1H. The first kappa shape index (κ1) is 21.9. The monoisotopic (exact) mass is 478 g/mol. The lowest BCUT2D eigenvalue weighted by atomic mass is 10.0. The van der Waals surface area contributed by atoms with Crippen molar-refractivity contribution >= 4 is 41.3 Å². The van der Waals surface area contributed by atoms with Crippen molar-refractivity contribution in [1.82, 2.24) is 15.6 Å². The molecule has 2 aromatic heterocycles. The Bertz CT molecular complexity index is 641. The fourth-order valence-electron chi connectivity index (χ4n) is 2.17. The van der Waals surface area contributed by atoms with Gasteiger partial charge in [-0.05, 0) is 32.4 Å². The van der Waals surface area contributed by atoms with E-state index in [-0.39, 0.29) is 30.5 Å². The van der Waals surface area contributed by atoms with Crippen molar-refractivity contribution in [2.45, 2.75) is 39.2 Å². The van der Waals surface area contributed by atoms with Crippen LogP contribution in [-0.4, -0.2) is 35.7 Å². The molecule has 3 N–H and O–H groups in total. The molecule has 25 heavy (non-hydrogen) atoms. The van der Waals surface area contributed by atoms with E-state index in [1.165, 1.54) is 5.01 Å². The van der Waals surface area contributed by atoms with Gasteiger partial charge in [-0.1, -0.05) is 6.92 Å². The third-order valence-electron chi connectivity index (χ3n) is 3.52. The lowest BCUT2D eigenvalue weighted by Crippen LogP contribution is -2.39. The number of nitrogens with zero attached hydrogens (tertiary/aromatic N) is 2. The molecule has 1 unspecified atom stereocenters. The van der Waals surface area contributed by atoms with E-state index in [2.05, 4.69) is 32.9 Å². The Morgan fingerprint density at radius 2 is 2.20 bits per heavy atom. The molecule has 0 spiro atoms. The van der Waals surface area contributed by atoms with E-state index >= 15 is 0 Å². The molecule has 0 aliphatic rings. The van der Waals surface area contributed by atoms with Crippen LogP contribution in [0.2, 0.25) is 0 Å². The number of aliphatic hydroxyl groups is 1. The number of hydrogen-bond donors (Lipinski definition) is 3. The van der Waals surface area contributed by atoms with Crippen molar-refractivity contribution in [3.05, 3.63) is 40.2 Å². The first-order valence-electron chi connectivity index (χ1n) is 8.27. The largest absolute Gasteiger partial charge is 0.466 e. The number of furan rings is 1. The van der Waals surface area contributed by atoms with Gasteiger partial charge in [0.25, 0.3) is 0 Å². The number of aryl methyl sites for hydroxylation is 1. The molecule has 6 nitrogen and oxygen atoms in total. The summed E-state index contributed by atoms with van der Waals surface area (Å²) < 4.78 is 5.28. The number of nitrogens with one attached hydrogen (secondary N) is 2. The predicted molar refractivity (Wildman–Crippen MR) is 113 cm³/mol. The maximum atomic E-state index is 10.5. The van der Waals surface area contributed by atoms with Gasteiger partial charge < -0.3 is 20.2 Å². The molecule has 0 bridgehead atoms. The van der Waals surface area contributed by atoms with Crippen molar-refractivity contribution in [3.63, 3.8) is 0 Å². The molecule has 2 rings (SSSR count). The lowest BCUT2D eigenvalue weighted by molar-refractivity contribution is 0.0437. The average molecular weight is 478 g/mol. The van der Waals surface area contributed by atoms with Crippen molar-refractivity contribution in [1.29, 1.82) is 0 Å². The van der Waals surface area contributed by atoms with E-state index in [4.69, 9.17) is 4.42 Å². The number of aliphatic imine (C=N–C) groups is 1. The van der Waals surface area contributed by atoms with Gasteiger partial charge in [0.2, 0.25) is 0 Å². The van der Waals surface area contributed by atoms with Gasteiger partial charge in [-0.2, -0.15) is 0 Å². The number of thiazole rings is 1. The summed E-state index contributed by atoms with van der Waals surface area (Å²) in [6.07, 6.45) is 3.37. The third kappa shape index (κ3) is 6.95. The molecular formula is C17H27IN4O2S. The molecule has 0 aliphatic carbocycles. The summed E-state index contributed by atoms with van der Waals surface area (Å²) in [4.78, 5) is 9.02. The summed E-state index contributed by atoms with van der Waals surface area (Å²) in [6, 6.07) is 3.51. The number of aromatic nitrogens is 1. The van der Waals surface area contributed by atoms with Crippen molar-refractivity contribution < 1.29 is 9.52 Å². The van der Waals surface area contributed by atoms with Crippen LogP contribution in [0.15, 0.2) is 33.2 Å². The second kappa shape index (κ2) is 10.8. The highest BCUT2D eigenvalue weighted by atomic mass is 127. The number of hydrogen-bond acceptors (Lipinski definition) is 5. The van der Waals surface area contributed by atoms with Crippen LogP contribution >= 0.6 is 35.3 Å². The molecular weight excluding hydrogens is 451 g/mol. The van der Waals surface area contributed by atoms with E-state index in [9.17, 15) is 5.11 Å². The predicted octanol–water partition coefficient (Wildman–Crippen LogP) is 2.92. The van der Waals surface area contributed by atoms with Gasteiger partial charge in [-0.25, -0.2) is 9.98 Å². The summed E-state index contributed by atoms with van der Waals surface area (Å²) in [5, 5.41) is 20.2. The van der Waals surface area contributed by atoms with Gasteiger partial charge in [-0.15, -0.1) is 35.3 Å². The fourth-order valence-corrected chi connectivity index (χ4v) is 2.95. The van der Waals surface area contributed by atoms with Gasteiger partial charge >= 0.3 is 0 Å². The van der Waals surface area contributed by atoms with Crippen LogP contribution in [-0.2, 0) is 18.4 Å². The molecule has 8 heteroatoms. The molecule has 0 amide bonds. The molecule has 2 heterocycles. The highest BCUT2D eigenvalue weighted by molar-refractivity contribution is 14.0. The SMILES string of the molecule is CCNC(=NCC(C)(O)c1ccco1)NCCc1csc(CC)n1.I. The molecule has 0 saturated carbocycles. The van der Waals surface area contributed by atoms with Gasteiger partial charge in [0.05, 0.1) is 23.5 Å². The first-order chi connectivity index (χ1) is 11.5. The molecule has 1 atom stereocenters. The van der Waals surface area contributed by atoms with Crippen LogP contribution in [0.5, 0.6) is 0 Å². The Kier molecular flexibility index (Phi) is 9.44. The Balaban J connectivity index is 0.00000312. The average Bonchev–Trinajstić information content (AvgIpc) is 3.24. The van der Waals surface area contributed by atoms with Crippen molar-refractivity contribution in [2.75, 3.05) is 19.6 Å². The Morgan fingerprint density at radius 3 is 2.80 bits per heavy atom. The van der Waals surface area contributed by atoms with Gasteiger partial charge in [-0.3, -0.25) is 0 Å². The lowest BCUT2D eigenvalue weighted by Gasteiger charge is -2.19. The minimum atomic E-state index is -1.13. The van der Waals surface area contributed by atoms with Crippen LogP contribution in [0.1, 0.15) is 37.2 Å². The highest BCUT2D eigenvalue weighted by Crippen LogP contribution is 2.21. The van der Waals surface area contributed by atoms with E-state index in [0.717, 1.165) is 31.6 Å². The number of halogens is 1. The quantitative estimate of drug-likeness (QED) is 0.309. The van der Waals surface area contributed by atoms with Gasteiger partial charge in [0.1, 0.15) is 11.4 Å². The zero-order chi connectivity index (χ0) is 17.4. The molecule has 0 aliphatic heterocycles. The highest BCUT2D eigenvalue weighted by Gasteiger charge is 2.26. The third-order valence-corrected chi connectivity index (χ3v) is 4.56. The van der Waals surface area contributed by atoms with Crippen LogP contribution in [0.3, 0.4) is 0 Å². The molecule has 0 aromatic carbocycles. The number of guanidine groups is 1. The van der Waals surface area contributed by atoms with Crippen LogP contribution < -0.4 is 10.6 Å². The second-order valence-electron chi connectivity index (χ2n) is 5.71. The van der Waals surface area contributed by atoms with E-state index in [1.807, 2.05) is 6.92 Å². The zero-order valence-corrected chi connectivity index (χ0v) is 18.1. The summed E-state index contributed by atoms with van der Waals surface area (Å²) in [6.45, 7) is 7.53. The van der Waals surface area contributed by atoms with E-state index in [1.54, 1.807) is 36.7 Å². The zero-order valence-electron chi connectivity index (χ0n) is 14.9. The van der Waals surface area contributed by atoms with Gasteiger partial charge in [0, 0.05) is 24.9 Å². The Hall–Kier alpha value is -1.13. The second-order valence-corrected chi connectivity index (χ2v) is 6.65. The van der Waals surface area contributed by atoms with E-state index < -0.39 is 5.60 Å².